The fourth-order valence-electron chi connectivity index (χ4n) is 2.98. The molecule has 9 nitrogen and oxygen atoms in total. The quantitative estimate of drug-likeness (QED) is 0.744. The molecule has 3 rings (SSSR count). The number of carbonyl (C=O) groups excluding carboxylic acids is 1. The van der Waals surface area contributed by atoms with Crippen LogP contribution in [0.2, 0.25) is 0 Å². The molecule has 2 aromatic heterocycles. The molecule has 1 fully saturated rings. The predicted octanol–water partition coefficient (Wildman–Crippen LogP) is 1.14. The van der Waals surface area contributed by atoms with Gasteiger partial charge in [-0.2, -0.15) is 4.98 Å². The summed E-state index contributed by atoms with van der Waals surface area (Å²) in [6, 6.07) is 0. The monoisotopic (exact) mass is 373 g/mol. The summed E-state index contributed by atoms with van der Waals surface area (Å²) in [5, 5.41) is 3.92. The van der Waals surface area contributed by atoms with E-state index in [-0.39, 0.29) is 12.5 Å². The lowest BCUT2D eigenvalue weighted by molar-refractivity contribution is 0.0768. The van der Waals surface area contributed by atoms with Crippen LogP contribution in [0.4, 0.5) is 5.95 Å². The molecular weight excluding hydrogens is 346 g/mol. The van der Waals surface area contributed by atoms with Gasteiger partial charge in [-0.05, 0) is 20.4 Å². The molecule has 9 heteroatoms. The lowest BCUT2D eigenvalue weighted by Crippen LogP contribution is -2.45. The van der Waals surface area contributed by atoms with E-state index in [1.54, 1.807) is 18.1 Å². The van der Waals surface area contributed by atoms with Crippen LogP contribution in [0.5, 0.6) is 0 Å². The van der Waals surface area contributed by atoms with Crippen LogP contribution in [-0.2, 0) is 13.0 Å². The fourth-order valence-corrected chi connectivity index (χ4v) is 2.98. The number of rotatable bonds is 6. The molecule has 0 bridgehead atoms. The Labute approximate surface area is 159 Å². The average molecular weight is 373 g/mol. The van der Waals surface area contributed by atoms with E-state index in [1.807, 2.05) is 6.92 Å². The van der Waals surface area contributed by atoms with Crippen molar-refractivity contribution in [1.82, 2.24) is 29.9 Å². The van der Waals surface area contributed by atoms with E-state index in [2.05, 4.69) is 43.9 Å². The van der Waals surface area contributed by atoms with E-state index < -0.39 is 0 Å². The summed E-state index contributed by atoms with van der Waals surface area (Å²) in [6.45, 7) is 7.90. The molecule has 27 heavy (non-hydrogen) atoms. The van der Waals surface area contributed by atoms with E-state index >= 15 is 0 Å². The number of hydrogen-bond acceptors (Lipinski definition) is 8. The van der Waals surface area contributed by atoms with Crippen molar-refractivity contribution in [1.29, 1.82) is 0 Å². The lowest BCUT2D eigenvalue weighted by Gasteiger charge is -2.32. The van der Waals surface area contributed by atoms with Gasteiger partial charge in [0.1, 0.15) is 0 Å². The highest BCUT2D eigenvalue weighted by molar-refractivity contribution is 5.94. The Bertz CT molecular complexity index is 784. The van der Waals surface area contributed by atoms with Gasteiger partial charge in [-0.25, -0.2) is 9.97 Å². The second-order valence-corrected chi connectivity index (χ2v) is 6.97. The molecule has 0 aromatic carbocycles. The van der Waals surface area contributed by atoms with Gasteiger partial charge < -0.3 is 19.2 Å². The van der Waals surface area contributed by atoms with Gasteiger partial charge in [-0.3, -0.25) is 4.79 Å². The largest absolute Gasteiger partial charge is 0.338 e. The summed E-state index contributed by atoms with van der Waals surface area (Å²) < 4.78 is 5.21. The maximum Gasteiger partial charge on any atom is 0.257 e. The molecule has 3 heterocycles. The second-order valence-electron chi connectivity index (χ2n) is 6.97. The maximum absolute atomic E-state index is 12.8. The average Bonchev–Trinajstić information content (AvgIpc) is 3.09. The van der Waals surface area contributed by atoms with Crippen molar-refractivity contribution in [3.63, 3.8) is 0 Å². The molecule has 0 saturated carbocycles. The van der Waals surface area contributed by atoms with Crippen LogP contribution < -0.4 is 4.90 Å². The maximum atomic E-state index is 12.8. The Balaban J connectivity index is 1.66. The number of aromatic nitrogens is 4. The van der Waals surface area contributed by atoms with Crippen molar-refractivity contribution in [2.24, 2.45) is 0 Å². The van der Waals surface area contributed by atoms with Gasteiger partial charge in [-0.15, -0.1) is 0 Å². The summed E-state index contributed by atoms with van der Waals surface area (Å²) in [6.07, 6.45) is 3.33. The number of piperazine rings is 1. The number of carbonyl (C=O) groups is 1. The molecule has 0 atom stereocenters. The molecule has 1 saturated heterocycles. The van der Waals surface area contributed by atoms with Crippen molar-refractivity contribution in [2.45, 2.75) is 33.2 Å². The van der Waals surface area contributed by atoms with E-state index in [1.165, 1.54) is 0 Å². The van der Waals surface area contributed by atoms with Gasteiger partial charge in [0, 0.05) is 45.8 Å². The molecular formula is C18H27N7O2. The zero-order valence-electron chi connectivity index (χ0n) is 16.5. The van der Waals surface area contributed by atoms with Crippen LogP contribution in [0.3, 0.4) is 0 Å². The molecule has 1 aliphatic heterocycles. The van der Waals surface area contributed by atoms with Gasteiger partial charge in [0.2, 0.25) is 11.8 Å². The normalized spacial score (nSPS) is 15.2. The smallest absolute Gasteiger partial charge is 0.257 e. The molecule has 0 aliphatic carbocycles. The van der Waals surface area contributed by atoms with E-state index in [0.717, 1.165) is 39.0 Å². The summed E-state index contributed by atoms with van der Waals surface area (Å²) in [5.74, 6) is 1.62. The minimum Gasteiger partial charge on any atom is -0.338 e. The van der Waals surface area contributed by atoms with E-state index in [4.69, 9.17) is 4.52 Å². The van der Waals surface area contributed by atoms with E-state index in [9.17, 15) is 4.79 Å². The second kappa shape index (κ2) is 8.43. The summed E-state index contributed by atoms with van der Waals surface area (Å²) in [7, 11) is 3.81. The first kappa shape index (κ1) is 19.2. The molecule has 146 valence electrons. The first-order valence-corrected chi connectivity index (χ1v) is 9.32. The SMILES string of the molecule is CCCc1noc(CN(C)C(=O)c2cnc(N3CCN(C)CC3)nc2C)n1. The third kappa shape index (κ3) is 4.60. The van der Waals surface area contributed by atoms with Gasteiger partial charge in [0.15, 0.2) is 5.82 Å². The van der Waals surface area contributed by atoms with Crippen LogP contribution in [0.15, 0.2) is 10.7 Å². The molecule has 1 amide bonds. The highest BCUT2D eigenvalue weighted by atomic mass is 16.5. The number of amides is 1. The fraction of sp³-hybridized carbons (Fsp3) is 0.611. The predicted molar refractivity (Wildman–Crippen MR) is 101 cm³/mol. The first-order valence-electron chi connectivity index (χ1n) is 9.32. The van der Waals surface area contributed by atoms with Crippen LogP contribution in [0, 0.1) is 6.92 Å². The number of nitrogens with zero attached hydrogens (tertiary/aromatic N) is 7. The molecule has 0 N–H and O–H groups in total. The summed E-state index contributed by atoms with van der Waals surface area (Å²) in [4.78, 5) is 32.0. The van der Waals surface area contributed by atoms with Crippen LogP contribution in [-0.4, -0.2) is 76.1 Å². The Morgan fingerprint density at radius 1 is 1.26 bits per heavy atom. The first-order chi connectivity index (χ1) is 13.0. The minimum absolute atomic E-state index is 0.160. The van der Waals surface area contributed by atoms with Crippen molar-refractivity contribution >= 4 is 11.9 Å². The van der Waals surface area contributed by atoms with Crippen molar-refractivity contribution in [3.05, 3.63) is 29.2 Å². The Morgan fingerprint density at radius 3 is 2.67 bits per heavy atom. The van der Waals surface area contributed by atoms with Crippen molar-refractivity contribution < 1.29 is 9.32 Å². The minimum atomic E-state index is -0.160. The Hall–Kier alpha value is -2.55. The number of hydrogen-bond donors (Lipinski definition) is 0. The number of aryl methyl sites for hydroxylation is 2. The van der Waals surface area contributed by atoms with Gasteiger partial charge >= 0.3 is 0 Å². The summed E-state index contributed by atoms with van der Waals surface area (Å²) >= 11 is 0. The van der Waals surface area contributed by atoms with Crippen LogP contribution >= 0.6 is 0 Å². The van der Waals surface area contributed by atoms with E-state index in [0.29, 0.717) is 28.9 Å². The van der Waals surface area contributed by atoms with Crippen molar-refractivity contribution in [3.8, 4) is 0 Å². The van der Waals surface area contributed by atoms with Gasteiger partial charge in [0.05, 0.1) is 17.8 Å². The van der Waals surface area contributed by atoms with Gasteiger partial charge in [0.25, 0.3) is 5.91 Å². The Morgan fingerprint density at radius 2 is 2.00 bits per heavy atom. The lowest BCUT2D eigenvalue weighted by atomic mass is 10.2. The highest BCUT2D eigenvalue weighted by Gasteiger charge is 2.21. The van der Waals surface area contributed by atoms with Crippen LogP contribution in [0.1, 0.15) is 41.1 Å². The number of likely N-dealkylation sites (N-methyl/N-ethyl adjacent to an activating group) is 1. The van der Waals surface area contributed by atoms with Gasteiger partial charge in [-0.1, -0.05) is 12.1 Å². The zero-order valence-corrected chi connectivity index (χ0v) is 16.5. The molecule has 2 aromatic rings. The molecule has 0 unspecified atom stereocenters. The third-order valence-corrected chi connectivity index (χ3v) is 4.69. The zero-order chi connectivity index (χ0) is 19.4. The van der Waals surface area contributed by atoms with Crippen molar-refractivity contribution in [2.75, 3.05) is 45.2 Å². The number of anilines is 1. The Kier molecular flexibility index (Phi) is 6.00. The molecule has 0 radical (unpaired) electrons. The molecule has 1 aliphatic rings. The van der Waals surface area contributed by atoms with Crippen LogP contribution in [0.25, 0.3) is 0 Å². The third-order valence-electron chi connectivity index (χ3n) is 4.69. The highest BCUT2D eigenvalue weighted by Crippen LogP contribution is 2.15. The molecule has 0 spiro atoms. The topological polar surface area (TPSA) is 91.5 Å². The summed E-state index contributed by atoms with van der Waals surface area (Å²) in [5.41, 5.74) is 1.16. The standard InChI is InChI=1S/C18H27N7O2/c1-5-6-15-21-16(27-22-15)12-24(4)17(26)14-11-19-18(20-13(14)2)25-9-7-23(3)8-10-25/h11H,5-10,12H2,1-4H3.